The first-order chi connectivity index (χ1) is 21.6. The molecule has 2 nitrogen and oxygen atoms in total. The Bertz CT molecular complexity index is 2120. The van der Waals surface area contributed by atoms with Gasteiger partial charge < -0.3 is 9.47 Å². The Hall–Kier alpha value is -5.70. The van der Waals surface area contributed by atoms with E-state index in [1.54, 1.807) is 14.2 Å². The summed E-state index contributed by atoms with van der Waals surface area (Å²) in [5, 5.41) is 8.95. The van der Waals surface area contributed by atoms with Gasteiger partial charge in [0.15, 0.2) is 0 Å². The van der Waals surface area contributed by atoms with Crippen molar-refractivity contribution in [3.8, 4) is 35.2 Å². The van der Waals surface area contributed by atoms with Crippen molar-refractivity contribution in [3.05, 3.63) is 143 Å². The van der Waals surface area contributed by atoms with Crippen molar-refractivity contribution >= 4 is 43.1 Å². The minimum absolute atomic E-state index is 0.805. The predicted octanol–water partition coefficient (Wildman–Crippen LogP) is 9.73. The molecule has 0 saturated heterocycles. The molecule has 7 aromatic rings. The third-order valence-corrected chi connectivity index (χ3v) is 8.33. The fourth-order valence-corrected chi connectivity index (χ4v) is 6.17. The molecule has 0 aliphatic carbocycles. The quantitative estimate of drug-likeness (QED) is 0.153. The zero-order valence-corrected chi connectivity index (χ0v) is 25.2. The van der Waals surface area contributed by atoms with Crippen LogP contribution < -0.4 is 9.47 Å². The topological polar surface area (TPSA) is 18.5 Å². The average Bonchev–Trinajstić information content (AvgIpc) is 3.04. The predicted molar refractivity (Wildman–Crippen MR) is 184 cm³/mol. The zero-order valence-electron chi connectivity index (χ0n) is 25.2. The van der Waals surface area contributed by atoms with Crippen LogP contribution in [-0.4, -0.2) is 14.2 Å². The van der Waals surface area contributed by atoms with Crippen molar-refractivity contribution < 1.29 is 9.47 Å². The van der Waals surface area contributed by atoms with Gasteiger partial charge in [0.05, 0.1) is 25.3 Å². The molecule has 0 heterocycles. The van der Waals surface area contributed by atoms with Crippen LogP contribution in [0.5, 0.6) is 11.5 Å². The molecular weight excluding hydrogens is 536 g/mol. The Morgan fingerprint density at radius 1 is 0.409 bits per heavy atom. The highest BCUT2D eigenvalue weighted by Gasteiger charge is 2.15. The van der Waals surface area contributed by atoms with E-state index in [0.29, 0.717) is 0 Å². The molecule has 7 rings (SSSR count). The molecule has 0 unspecified atom stereocenters. The average molecular weight is 567 g/mol. The van der Waals surface area contributed by atoms with Gasteiger partial charge in [-0.25, -0.2) is 0 Å². The van der Waals surface area contributed by atoms with Gasteiger partial charge in [0.1, 0.15) is 11.5 Å². The van der Waals surface area contributed by atoms with E-state index in [9.17, 15) is 0 Å². The van der Waals surface area contributed by atoms with E-state index >= 15 is 0 Å². The fourth-order valence-electron chi connectivity index (χ4n) is 6.17. The van der Waals surface area contributed by atoms with E-state index in [1.165, 1.54) is 0 Å². The summed E-state index contributed by atoms with van der Waals surface area (Å²) >= 11 is 0. The standard InChI is InChI=1S/C42H30O2/c1-27-11-9-17-29(41(27)43-3)19-21-35-37-23-31-13-5-7-15-33(31)25-39(37)36(22-20-30-18-10-12-28(2)42(30)44-4)40-26-34-16-8-6-14-32(34)24-38(35)40/h5-18,23-26H,1-4H3. The van der Waals surface area contributed by atoms with Gasteiger partial charge >= 0.3 is 0 Å². The zero-order chi connectivity index (χ0) is 30.2. The van der Waals surface area contributed by atoms with Crippen molar-refractivity contribution in [2.24, 2.45) is 0 Å². The maximum absolute atomic E-state index is 5.74. The minimum Gasteiger partial charge on any atom is -0.495 e. The molecule has 7 aromatic carbocycles. The van der Waals surface area contributed by atoms with Crippen molar-refractivity contribution in [2.75, 3.05) is 14.2 Å². The first-order valence-electron chi connectivity index (χ1n) is 14.7. The van der Waals surface area contributed by atoms with Gasteiger partial charge in [-0.2, -0.15) is 0 Å². The van der Waals surface area contributed by atoms with E-state index in [0.717, 1.165) is 88.0 Å². The molecule has 0 spiro atoms. The van der Waals surface area contributed by atoms with Crippen LogP contribution in [0, 0.1) is 37.5 Å². The summed E-state index contributed by atoms with van der Waals surface area (Å²) in [7, 11) is 3.40. The van der Waals surface area contributed by atoms with Crippen molar-refractivity contribution in [3.63, 3.8) is 0 Å². The summed E-state index contributed by atoms with van der Waals surface area (Å²) in [6.07, 6.45) is 0. The second-order valence-electron chi connectivity index (χ2n) is 11.1. The van der Waals surface area contributed by atoms with Gasteiger partial charge in [0, 0.05) is 11.1 Å². The van der Waals surface area contributed by atoms with Gasteiger partial charge in [-0.3, -0.25) is 0 Å². The maximum atomic E-state index is 5.74. The number of para-hydroxylation sites is 2. The van der Waals surface area contributed by atoms with Gasteiger partial charge in [-0.05, 0) is 104 Å². The lowest BCUT2D eigenvalue weighted by Crippen LogP contribution is -1.94. The van der Waals surface area contributed by atoms with Crippen LogP contribution >= 0.6 is 0 Å². The number of fused-ring (bicyclic) bond motifs is 4. The lowest BCUT2D eigenvalue weighted by molar-refractivity contribution is 0.410. The molecular formula is C42H30O2. The highest BCUT2D eigenvalue weighted by Crippen LogP contribution is 2.37. The van der Waals surface area contributed by atoms with Crippen LogP contribution in [0.3, 0.4) is 0 Å². The number of methoxy groups -OCH3 is 2. The lowest BCUT2D eigenvalue weighted by atomic mass is 9.88. The Labute approximate surface area is 257 Å². The van der Waals surface area contributed by atoms with E-state index in [1.807, 2.05) is 50.2 Å². The molecule has 2 heteroatoms. The molecule has 0 fully saturated rings. The molecule has 0 saturated carbocycles. The molecule has 210 valence electrons. The van der Waals surface area contributed by atoms with Crippen molar-refractivity contribution in [1.82, 2.24) is 0 Å². The minimum atomic E-state index is 0.805. The van der Waals surface area contributed by atoms with Gasteiger partial charge in [-0.15, -0.1) is 0 Å². The second-order valence-corrected chi connectivity index (χ2v) is 11.1. The smallest absolute Gasteiger partial charge is 0.137 e. The Balaban J connectivity index is 1.63. The van der Waals surface area contributed by atoms with Gasteiger partial charge in [0.2, 0.25) is 0 Å². The molecule has 0 aliphatic heterocycles. The third-order valence-electron chi connectivity index (χ3n) is 8.33. The number of hydrogen-bond donors (Lipinski definition) is 0. The second kappa shape index (κ2) is 11.2. The number of hydrogen-bond acceptors (Lipinski definition) is 2. The highest BCUT2D eigenvalue weighted by molar-refractivity contribution is 6.16. The van der Waals surface area contributed by atoms with Gasteiger partial charge in [-0.1, -0.05) is 96.5 Å². The molecule has 0 aliphatic rings. The van der Waals surface area contributed by atoms with Crippen molar-refractivity contribution in [1.29, 1.82) is 0 Å². The lowest BCUT2D eigenvalue weighted by Gasteiger charge is -2.14. The van der Waals surface area contributed by atoms with Crippen molar-refractivity contribution in [2.45, 2.75) is 13.8 Å². The van der Waals surface area contributed by atoms with E-state index in [2.05, 4.69) is 96.5 Å². The summed E-state index contributed by atoms with van der Waals surface area (Å²) in [5.41, 5.74) is 5.81. The normalized spacial score (nSPS) is 10.8. The first-order valence-corrected chi connectivity index (χ1v) is 14.7. The fraction of sp³-hybridized carbons (Fsp3) is 0.0952. The molecule has 44 heavy (non-hydrogen) atoms. The molecule has 0 radical (unpaired) electrons. The number of ether oxygens (including phenoxy) is 2. The molecule has 0 atom stereocenters. The summed E-state index contributed by atoms with van der Waals surface area (Å²) in [6.45, 7) is 4.09. The van der Waals surface area contributed by atoms with E-state index in [4.69, 9.17) is 9.47 Å². The van der Waals surface area contributed by atoms with Crippen LogP contribution in [-0.2, 0) is 0 Å². The Morgan fingerprint density at radius 2 is 0.750 bits per heavy atom. The van der Waals surface area contributed by atoms with Crippen LogP contribution in [0.4, 0.5) is 0 Å². The highest BCUT2D eigenvalue weighted by atomic mass is 16.5. The number of aryl methyl sites for hydroxylation is 2. The van der Waals surface area contributed by atoms with Crippen LogP contribution in [0.25, 0.3) is 43.1 Å². The summed E-state index contributed by atoms with van der Waals surface area (Å²) in [6, 6.07) is 38.2. The third kappa shape index (κ3) is 4.68. The molecule has 0 aromatic heterocycles. The number of rotatable bonds is 2. The first kappa shape index (κ1) is 27.2. The van der Waals surface area contributed by atoms with Crippen LogP contribution in [0.1, 0.15) is 33.4 Å². The Morgan fingerprint density at radius 3 is 1.07 bits per heavy atom. The van der Waals surface area contributed by atoms with Gasteiger partial charge in [0.25, 0.3) is 0 Å². The monoisotopic (exact) mass is 566 g/mol. The summed E-state index contributed by atoms with van der Waals surface area (Å²) in [5.74, 6) is 15.8. The molecule has 0 N–H and O–H groups in total. The van der Waals surface area contributed by atoms with Crippen LogP contribution in [0.15, 0.2) is 109 Å². The molecule has 0 bridgehead atoms. The molecule has 0 amide bonds. The van der Waals surface area contributed by atoms with E-state index in [-0.39, 0.29) is 0 Å². The summed E-state index contributed by atoms with van der Waals surface area (Å²) < 4.78 is 11.5. The SMILES string of the molecule is COc1c(C)cccc1C#Cc1c2cc3ccccc3cc2c(C#Cc2cccc(C)c2OC)c2cc3ccccc3cc12. The largest absolute Gasteiger partial charge is 0.495 e. The van der Waals surface area contributed by atoms with Crippen LogP contribution in [0.2, 0.25) is 0 Å². The summed E-state index contributed by atoms with van der Waals surface area (Å²) in [4.78, 5) is 0. The maximum Gasteiger partial charge on any atom is 0.137 e. The Kier molecular flexibility index (Phi) is 6.90. The van der Waals surface area contributed by atoms with E-state index < -0.39 is 0 Å². The number of benzene rings is 7.